The van der Waals surface area contributed by atoms with Crippen molar-refractivity contribution in [3.63, 3.8) is 0 Å². The lowest BCUT2D eigenvalue weighted by Crippen LogP contribution is -2.39. The average Bonchev–Trinajstić information content (AvgIpc) is 2.82. The summed E-state index contributed by atoms with van der Waals surface area (Å²) in [4.78, 5) is 27.7. The number of carbonyl (C=O) groups is 1. The molecule has 184 valence electrons. The molecule has 4 rings (SSSR count). The second-order valence-corrected chi connectivity index (χ2v) is 8.21. The summed E-state index contributed by atoms with van der Waals surface area (Å²) in [5.74, 6) is 1.09. The number of alkyl halides is 2. The maximum Gasteiger partial charge on any atom is 0.387 e. The molecule has 0 bridgehead atoms. The molecule has 0 saturated carbocycles. The maximum absolute atomic E-state index is 13.1. The lowest BCUT2D eigenvalue weighted by atomic mass is 9.96. The smallest absolute Gasteiger partial charge is 0.387 e. The van der Waals surface area contributed by atoms with Gasteiger partial charge in [-0.05, 0) is 57.1 Å². The van der Waals surface area contributed by atoms with E-state index in [-0.39, 0.29) is 29.8 Å². The van der Waals surface area contributed by atoms with Gasteiger partial charge in [-0.3, -0.25) is 9.69 Å². The topological polar surface area (TPSA) is 92.3 Å². The fraction of sp³-hybridized carbons (Fsp3) is 0.333. The van der Waals surface area contributed by atoms with E-state index in [2.05, 4.69) is 30.3 Å². The van der Waals surface area contributed by atoms with Gasteiger partial charge in [0.15, 0.2) is 0 Å². The minimum atomic E-state index is -2.97. The lowest BCUT2D eigenvalue weighted by molar-refractivity contribution is -0.117. The zero-order chi connectivity index (χ0) is 24.8. The Bertz CT molecular complexity index is 1150. The van der Waals surface area contributed by atoms with E-state index >= 15 is 0 Å². The molecule has 0 spiro atoms. The van der Waals surface area contributed by atoms with Crippen LogP contribution in [0.1, 0.15) is 30.3 Å². The van der Waals surface area contributed by atoms with E-state index in [9.17, 15) is 18.0 Å². The van der Waals surface area contributed by atoms with Gasteiger partial charge in [-0.2, -0.15) is 8.78 Å². The molecule has 1 aliphatic rings. The molecule has 1 aliphatic heterocycles. The number of hydrogen-bond acceptors (Lipinski definition) is 7. The van der Waals surface area contributed by atoms with E-state index in [0.29, 0.717) is 30.5 Å². The van der Waals surface area contributed by atoms with Crippen molar-refractivity contribution >= 4 is 23.2 Å². The summed E-state index contributed by atoms with van der Waals surface area (Å²) in [5, 5.41) is 5.72. The van der Waals surface area contributed by atoms with Gasteiger partial charge in [0, 0.05) is 17.7 Å². The quantitative estimate of drug-likeness (QED) is 0.485. The Balaban J connectivity index is 1.32. The molecule has 1 saturated heterocycles. The van der Waals surface area contributed by atoms with Gasteiger partial charge in [-0.25, -0.2) is 19.3 Å². The van der Waals surface area contributed by atoms with E-state index in [4.69, 9.17) is 0 Å². The average molecular weight is 486 g/mol. The van der Waals surface area contributed by atoms with Gasteiger partial charge < -0.3 is 15.4 Å². The number of piperidine rings is 1. The van der Waals surface area contributed by atoms with E-state index in [0.717, 1.165) is 24.7 Å². The van der Waals surface area contributed by atoms with Crippen LogP contribution in [-0.4, -0.2) is 52.0 Å². The number of hydrogen-bond donors (Lipinski definition) is 2. The Morgan fingerprint density at radius 2 is 1.91 bits per heavy atom. The number of likely N-dealkylation sites (tertiary alicyclic amines) is 1. The molecule has 0 aliphatic carbocycles. The summed E-state index contributed by atoms with van der Waals surface area (Å²) >= 11 is 0. The molecule has 8 nitrogen and oxygen atoms in total. The Morgan fingerprint density at radius 1 is 1.14 bits per heavy atom. The van der Waals surface area contributed by atoms with Gasteiger partial charge in [-0.1, -0.05) is 12.1 Å². The number of pyridine rings is 1. The van der Waals surface area contributed by atoms with E-state index in [1.54, 1.807) is 18.2 Å². The first-order valence-electron chi connectivity index (χ1n) is 11.2. The Hall–Kier alpha value is -3.73. The molecule has 2 N–H and O–H groups in total. The van der Waals surface area contributed by atoms with Crippen molar-refractivity contribution in [3.05, 3.63) is 66.0 Å². The third-order valence-electron chi connectivity index (χ3n) is 5.55. The third-order valence-corrected chi connectivity index (χ3v) is 5.55. The molecule has 11 heteroatoms. The van der Waals surface area contributed by atoms with E-state index in [1.165, 1.54) is 24.3 Å². The molecule has 0 atom stereocenters. The van der Waals surface area contributed by atoms with Crippen molar-refractivity contribution < 1.29 is 22.7 Å². The van der Waals surface area contributed by atoms with E-state index < -0.39 is 12.4 Å². The zero-order valence-electron chi connectivity index (χ0n) is 19.0. The molecule has 3 heterocycles. The van der Waals surface area contributed by atoms with Crippen LogP contribution >= 0.6 is 0 Å². The standard InChI is InChI=1S/C24H25F3N6O2/c1-15-12-21(31-20-7-6-17(25)13-28-20)32-23(29-15)16-8-10-33(11-9-16)14-22(34)30-18-4-2-3-5-19(18)35-24(26)27/h2-7,12-13,16,24H,8-11,14H2,1H3,(H,30,34)(H,28,29,31,32). The normalized spacial score (nSPS) is 14.7. The molecule has 0 radical (unpaired) electrons. The Morgan fingerprint density at radius 3 is 2.63 bits per heavy atom. The number of amides is 1. The van der Waals surface area contributed by atoms with Crippen molar-refractivity contribution in [2.45, 2.75) is 32.3 Å². The van der Waals surface area contributed by atoms with Crippen molar-refractivity contribution in [1.82, 2.24) is 19.9 Å². The van der Waals surface area contributed by atoms with Gasteiger partial charge in [-0.15, -0.1) is 0 Å². The second-order valence-electron chi connectivity index (χ2n) is 8.21. The molecular formula is C24H25F3N6O2. The molecule has 0 unspecified atom stereocenters. The van der Waals surface area contributed by atoms with E-state index in [1.807, 2.05) is 11.8 Å². The van der Waals surface area contributed by atoms with Crippen molar-refractivity contribution in [1.29, 1.82) is 0 Å². The number of rotatable bonds is 8. The van der Waals surface area contributed by atoms with Crippen LogP contribution in [0.25, 0.3) is 0 Å². The van der Waals surface area contributed by atoms with Crippen LogP contribution in [0.4, 0.5) is 30.5 Å². The van der Waals surface area contributed by atoms with Gasteiger partial charge in [0.1, 0.15) is 29.0 Å². The molecule has 1 aromatic carbocycles. The number of carbonyl (C=O) groups excluding carboxylic acids is 1. The van der Waals surface area contributed by atoms with Crippen LogP contribution in [0.2, 0.25) is 0 Å². The van der Waals surface area contributed by atoms with Gasteiger partial charge in [0.2, 0.25) is 5.91 Å². The first kappa shape index (κ1) is 24.4. The number of halogens is 3. The monoisotopic (exact) mass is 486 g/mol. The first-order valence-corrected chi connectivity index (χ1v) is 11.2. The summed E-state index contributed by atoms with van der Waals surface area (Å²) in [6.45, 7) is 0.356. The summed E-state index contributed by atoms with van der Waals surface area (Å²) in [5.41, 5.74) is 1.00. The fourth-order valence-electron chi connectivity index (χ4n) is 3.93. The number of nitrogens with one attached hydrogen (secondary N) is 2. The number of anilines is 3. The van der Waals surface area contributed by atoms with Crippen LogP contribution < -0.4 is 15.4 Å². The fourth-order valence-corrected chi connectivity index (χ4v) is 3.93. The molecular weight excluding hydrogens is 461 g/mol. The van der Waals surface area contributed by atoms with Crippen molar-refractivity contribution in [3.8, 4) is 5.75 Å². The summed E-state index contributed by atoms with van der Waals surface area (Å²) in [7, 11) is 0. The predicted octanol–water partition coefficient (Wildman–Crippen LogP) is 4.48. The van der Waals surface area contributed by atoms with Crippen LogP contribution in [0.15, 0.2) is 48.7 Å². The molecule has 3 aromatic rings. The molecule has 2 aromatic heterocycles. The summed E-state index contributed by atoms with van der Waals surface area (Å²) in [6, 6.07) is 10.7. The highest BCUT2D eigenvalue weighted by Gasteiger charge is 2.25. The van der Waals surface area contributed by atoms with Gasteiger partial charge >= 0.3 is 6.61 Å². The highest BCUT2D eigenvalue weighted by atomic mass is 19.3. The first-order chi connectivity index (χ1) is 16.9. The largest absolute Gasteiger partial charge is 0.433 e. The lowest BCUT2D eigenvalue weighted by Gasteiger charge is -2.31. The molecule has 1 amide bonds. The summed E-state index contributed by atoms with van der Waals surface area (Å²) < 4.78 is 42.7. The highest BCUT2D eigenvalue weighted by Crippen LogP contribution is 2.28. The number of nitrogens with zero attached hydrogens (tertiary/aromatic N) is 4. The number of benzene rings is 1. The highest BCUT2D eigenvalue weighted by molar-refractivity contribution is 5.93. The SMILES string of the molecule is Cc1cc(Nc2ccc(F)cn2)nc(C2CCN(CC(=O)Nc3ccccc3OC(F)F)CC2)n1. The number of aryl methyl sites for hydroxylation is 1. The van der Waals surface area contributed by atoms with Crippen LogP contribution in [0, 0.1) is 12.7 Å². The van der Waals surface area contributed by atoms with Crippen molar-refractivity contribution in [2.24, 2.45) is 0 Å². The second kappa shape index (κ2) is 11.1. The maximum atomic E-state index is 13.1. The van der Waals surface area contributed by atoms with Crippen LogP contribution in [0.3, 0.4) is 0 Å². The number of para-hydroxylation sites is 2. The number of ether oxygens (including phenoxy) is 1. The van der Waals surface area contributed by atoms with Crippen molar-refractivity contribution in [2.75, 3.05) is 30.3 Å². The van der Waals surface area contributed by atoms with Crippen LogP contribution in [-0.2, 0) is 4.79 Å². The zero-order valence-corrected chi connectivity index (χ0v) is 19.0. The van der Waals surface area contributed by atoms with Gasteiger partial charge in [0.05, 0.1) is 18.4 Å². The Labute approximate surface area is 200 Å². The molecule has 1 fully saturated rings. The number of aromatic nitrogens is 3. The third kappa shape index (κ3) is 6.89. The minimum absolute atomic E-state index is 0.0774. The van der Waals surface area contributed by atoms with Gasteiger partial charge in [0.25, 0.3) is 0 Å². The Kier molecular flexibility index (Phi) is 7.76. The minimum Gasteiger partial charge on any atom is -0.433 e. The summed E-state index contributed by atoms with van der Waals surface area (Å²) in [6.07, 6.45) is 2.65. The van der Waals surface area contributed by atoms with Crippen LogP contribution in [0.5, 0.6) is 5.75 Å². The predicted molar refractivity (Wildman–Crippen MR) is 124 cm³/mol. The molecule has 35 heavy (non-hydrogen) atoms.